The maximum absolute atomic E-state index is 12.3. The monoisotopic (exact) mass is 449 g/mol. The van der Waals surface area contributed by atoms with Crippen LogP contribution in [0.4, 0.5) is 4.79 Å². The van der Waals surface area contributed by atoms with Crippen LogP contribution in [0.2, 0.25) is 0 Å². The molecule has 2 amide bonds. The number of urea groups is 1. The fourth-order valence-corrected chi connectivity index (χ4v) is 5.67. The Labute approximate surface area is 197 Å². The summed E-state index contributed by atoms with van der Waals surface area (Å²) in [6, 6.07) is 17.4. The van der Waals surface area contributed by atoms with E-state index < -0.39 is 0 Å². The molecular weight excluding hydrogens is 414 g/mol. The average molecular weight is 450 g/mol. The van der Waals surface area contributed by atoms with Gasteiger partial charge in [-0.1, -0.05) is 42.5 Å². The lowest BCUT2D eigenvalue weighted by Gasteiger charge is -2.45. The van der Waals surface area contributed by atoms with E-state index in [0.717, 1.165) is 50.3 Å². The number of carbonyl (C=O) groups is 1. The van der Waals surface area contributed by atoms with Crippen molar-refractivity contribution in [2.24, 2.45) is 0 Å². The molecule has 0 bridgehead atoms. The minimum absolute atomic E-state index is 0.0318. The molecule has 2 aliphatic rings. The van der Waals surface area contributed by atoms with E-state index in [1.807, 2.05) is 6.07 Å². The van der Waals surface area contributed by atoms with Gasteiger partial charge in [-0.25, -0.2) is 4.79 Å². The van der Waals surface area contributed by atoms with Gasteiger partial charge in [0.05, 0.1) is 14.2 Å². The fourth-order valence-electron chi connectivity index (χ4n) is 5.67. The zero-order valence-electron chi connectivity index (χ0n) is 19.7. The minimum Gasteiger partial charge on any atom is -0.493 e. The number of nitrogens with zero attached hydrogens (tertiary/aromatic N) is 1. The van der Waals surface area contributed by atoms with Gasteiger partial charge in [0.2, 0.25) is 0 Å². The quantitative estimate of drug-likeness (QED) is 0.592. The molecule has 0 aromatic heterocycles. The first kappa shape index (κ1) is 23.2. The fraction of sp³-hybridized carbons (Fsp3) is 0.444. The van der Waals surface area contributed by atoms with E-state index in [2.05, 4.69) is 64.6 Å². The van der Waals surface area contributed by atoms with Crippen LogP contribution in [0.25, 0.3) is 0 Å². The van der Waals surface area contributed by atoms with Crippen molar-refractivity contribution < 1.29 is 14.3 Å². The van der Waals surface area contributed by atoms with Crippen LogP contribution in [0, 0.1) is 0 Å². The summed E-state index contributed by atoms with van der Waals surface area (Å²) in [5, 5.41) is 6.04. The molecule has 0 spiro atoms. The van der Waals surface area contributed by atoms with E-state index in [0.29, 0.717) is 12.6 Å². The molecule has 1 saturated carbocycles. The van der Waals surface area contributed by atoms with Gasteiger partial charge in [-0.05, 0) is 55.5 Å². The van der Waals surface area contributed by atoms with Crippen LogP contribution in [-0.2, 0) is 12.0 Å². The van der Waals surface area contributed by atoms with Crippen LogP contribution < -0.4 is 20.1 Å². The summed E-state index contributed by atoms with van der Waals surface area (Å²) in [4.78, 5) is 14.9. The lowest BCUT2D eigenvalue weighted by molar-refractivity contribution is 0.130. The SMILES string of the molecule is C=CCNC(=O)NC1CCC2(c3ccc(OC)c(OC)c3)CCN(Cc3ccccc3)C2C1. The first-order valence-electron chi connectivity index (χ1n) is 11.8. The molecule has 3 unspecified atom stereocenters. The number of nitrogens with one attached hydrogen (secondary N) is 2. The lowest BCUT2D eigenvalue weighted by Crippen LogP contribution is -2.53. The van der Waals surface area contributed by atoms with Crippen LogP contribution in [0.1, 0.15) is 36.8 Å². The van der Waals surface area contributed by atoms with E-state index in [9.17, 15) is 4.79 Å². The normalized spacial score (nSPS) is 24.5. The van der Waals surface area contributed by atoms with E-state index in [4.69, 9.17) is 9.47 Å². The Bertz CT molecular complexity index is 964. The zero-order chi connectivity index (χ0) is 23.3. The third-order valence-corrected chi connectivity index (χ3v) is 7.30. The first-order chi connectivity index (χ1) is 16.1. The molecule has 6 heteroatoms. The third-order valence-electron chi connectivity index (χ3n) is 7.30. The van der Waals surface area contributed by atoms with Crippen LogP contribution in [0.5, 0.6) is 11.5 Å². The first-order valence-corrected chi connectivity index (χ1v) is 11.8. The van der Waals surface area contributed by atoms with Gasteiger partial charge in [-0.15, -0.1) is 6.58 Å². The Morgan fingerprint density at radius 3 is 2.67 bits per heavy atom. The van der Waals surface area contributed by atoms with Crippen molar-refractivity contribution in [2.45, 2.75) is 49.7 Å². The van der Waals surface area contributed by atoms with Crippen molar-refractivity contribution in [1.29, 1.82) is 0 Å². The van der Waals surface area contributed by atoms with Crippen LogP contribution in [0.15, 0.2) is 61.2 Å². The van der Waals surface area contributed by atoms with Gasteiger partial charge >= 0.3 is 6.03 Å². The molecule has 2 fully saturated rings. The second-order valence-electron chi connectivity index (χ2n) is 9.06. The number of amides is 2. The average Bonchev–Trinajstić information content (AvgIpc) is 3.21. The Morgan fingerprint density at radius 1 is 1.15 bits per heavy atom. The van der Waals surface area contributed by atoms with Crippen molar-refractivity contribution in [2.75, 3.05) is 27.3 Å². The molecule has 33 heavy (non-hydrogen) atoms. The van der Waals surface area contributed by atoms with Gasteiger partial charge in [0.1, 0.15) is 0 Å². The van der Waals surface area contributed by atoms with Gasteiger partial charge in [0.15, 0.2) is 11.5 Å². The largest absolute Gasteiger partial charge is 0.493 e. The summed E-state index contributed by atoms with van der Waals surface area (Å²) in [5.74, 6) is 1.52. The molecule has 2 aromatic carbocycles. The standard InChI is InChI=1S/C27H35N3O3/c1-4-15-28-26(31)29-22-12-13-27(21-10-11-23(32-2)24(17-21)33-3)14-16-30(25(27)18-22)19-20-8-6-5-7-9-20/h4-11,17,22,25H,1,12-16,18-19H2,2-3H3,(H2,28,29,31). The number of fused-ring (bicyclic) bond motifs is 1. The van der Waals surface area contributed by atoms with E-state index in [1.54, 1.807) is 20.3 Å². The molecular formula is C27H35N3O3. The van der Waals surface area contributed by atoms with Crippen molar-refractivity contribution in [3.63, 3.8) is 0 Å². The molecule has 6 nitrogen and oxygen atoms in total. The van der Waals surface area contributed by atoms with E-state index in [-0.39, 0.29) is 17.5 Å². The van der Waals surface area contributed by atoms with Gasteiger partial charge in [0.25, 0.3) is 0 Å². The summed E-state index contributed by atoms with van der Waals surface area (Å²) in [6.45, 7) is 6.09. The van der Waals surface area contributed by atoms with Crippen LogP contribution in [-0.4, -0.2) is 50.3 Å². The number of rotatable bonds is 8. The van der Waals surface area contributed by atoms with Gasteiger partial charge in [0, 0.05) is 30.6 Å². The molecule has 1 heterocycles. The Hall–Kier alpha value is -2.99. The smallest absolute Gasteiger partial charge is 0.315 e. The predicted octanol–water partition coefficient (Wildman–Crippen LogP) is 4.25. The topological polar surface area (TPSA) is 62.8 Å². The van der Waals surface area contributed by atoms with Crippen molar-refractivity contribution in [1.82, 2.24) is 15.5 Å². The Balaban J connectivity index is 1.61. The predicted molar refractivity (Wildman–Crippen MR) is 131 cm³/mol. The van der Waals surface area contributed by atoms with Gasteiger partial charge < -0.3 is 20.1 Å². The van der Waals surface area contributed by atoms with Gasteiger partial charge in [-0.2, -0.15) is 0 Å². The van der Waals surface area contributed by atoms with Crippen LogP contribution >= 0.6 is 0 Å². The van der Waals surface area contributed by atoms with Crippen molar-refractivity contribution >= 4 is 6.03 Å². The summed E-state index contributed by atoms with van der Waals surface area (Å²) < 4.78 is 11.1. The maximum atomic E-state index is 12.3. The minimum atomic E-state index is -0.119. The Kier molecular flexibility index (Phi) is 7.23. The number of methoxy groups -OCH3 is 2. The molecule has 176 valence electrons. The highest BCUT2D eigenvalue weighted by Crippen LogP contribution is 2.50. The van der Waals surface area contributed by atoms with E-state index >= 15 is 0 Å². The molecule has 1 saturated heterocycles. The number of carbonyl (C=O) groups excluding carboxylic acids is 1. The summed E-state index contributed by atoms with van der Waals surface area (Å²) in [6.07, 6.45) is 5.68. The molecule has 4 rings (SSSR count). The molecule has 1 aliphatic carbocycles. The summed E-state index contributed by atoms with van der Waals surface area (Å²) in [5.41, 5.74) is 2.65. The Morgan fingerprint density at radius 2 is 1.94 bits per heavy atom. The highest BCUT2D eigenvalue weighted by atomic mass is 16.5. The number of benzene rings is 2. The molecule has 1 aliphatic heterocycles. The summed E-state index contributed by atoms with van der Waals surface area (Å²) >= 11 is 0. The second-order valence-corrected chi connectivity index (χ2v) is 9.06. The third kappa shape index (κ3) is 4.86. The number of hydrogen-bond acceptors (Lipinski definition) is 4. The summed E-state index contributed by atoms with van der Waals surface area (Å²) in [7, 11) is 3.36. The van der Waals surface area contributed by atoms with Crippen molar-refractivity contribution in [3.8, 4) is 11.5 Å². The van der Waals surface area contributed by atoms with E-state index in [1.165, 1.54) is 11.1 Å². The molecule has 2 N–H and O–H groups in total. The highest BCUT2D eigenvalue weighted by molar-refractivity contribution is 5.74. The number of hydrogen-bond donors (Lipinski definition) is 2. The number of likely N-dealkylation sites (tertiary alicyclic amines) is 1. The number of ether oxygens (including phenoxy) is 2. The molecule has 0 radical (unpaired) electrons. The lowest BCUT2D eigenvalue weighted by atomic mass is 9.65. The van der Waals surface area contributed by atoms with Crippen molar-refractivity contribution in [3.05, 3.63) is 72.3 Å². The zero-order valence-corrected chi connectivity index (χ0v) is 19.7. The van der Waals surface area contributed by atoms with Gasteiger partial charge in [-0.3, -0.25) is 4.90 Å². The van der Waals surface area contributed by atoms with Crippen LogP contribution in [0.3, 0.4) is 0 Å². The highest BCUT2D eigenvalue weighted by Gasteiger charge is 2.51. The molecule has 3 atom stereocenters. The second kappa shape index (κ2) is 10.3. The maximum Gasteiger partial charge on any atom is 0.315 e. The molecule has 2 aromatic rings.